The Labute approximate surface area is 130 Å². The largest absolute Gasteiger partial charge is 0.343 e. The molecule has 0 aromatic carbocycles. The number of rotatable bonds is 5. The molecule has 2 saturated carbocycles. The first-order valence-electron chi connectivity index (χ1n) is 8.95. The van der Waals surface area contributed by atoms with Gasteiger partial charge in [0, 0.05) is 25.0 Å². The van der Waals surface area contributed by atoms with Gasteiger partial charge in [0.1, 0.15) is 0 Å². The quantitative estimate of drug-likeness (QED) is 0.840. The molecule has 0 saturated heterocycles. The van der Waals surface area contributed by atoms with Gasteiger partial charge >= 0.3 is 0 Å². The fourth-order valence-electron chi connectivity index (χ4n) is 4.23. The molecular formula is C18H34N2O. The summed E-state index contributed by atoms with van der Waals surface area (Å²) in [6.07, 6.45) is 9.47. The third-order valence-electron chi connectivity index (χ3n) is 5.83. The molecule has 0 aromatic heterocycles. The molecule has 21 heavy (non-hydrogen) atoms. The van der Waals surface area contributed by atoms with Crippen molar-refractivity contribution >= 4 is 5.91 Å². The average Bonchev–Trinajstić information content (AvgIpc) is 2.83. The molecule has 1 N–H and O–H groups in total. The van der Waals surface area contributed by atoms with Crippen molar-refractivity contribution in [1.82, 2.24) is 10.2 Å². The van der Waals surface area contributed by atoms with Crippen LogP contribution in [0.15, 0.2) is 0 Å². The zero-order valence-electron chi connectivity index (χ0n) is 14.5. The van der Waals surface area contributed by atoms with E-state index < -0.39 is 0 Å². The topological polar surface area (TPSA) is 32.3 Å². The lowest BCUT2D eigenvalue weighted by atomic mass is 9.80. The molecule has 3 heteroatoms. The summed E-state index contributed by atoms with van der Waals surface area (Å²) in [5, 5.41) is 3.62. The van der Waals surface area contributed by atoms with E-state index in [1.165, 1.54) is 32.1 Å². The van der Waals surface area contributed by atoms with Crippen LogP contribution in [0.3, 0.4) is 0 Å². The van der Waals surface area contributed by atoms with E-state index in [2.05, 4.69) is 31.0 Å². The third kappa shape index (κ3) is 4.00. The second kappa shape index (κ2) is 7.13. The third-order valence-corrected chi connectivity index (χ3v) is 5.83. The molecule has 0 spiro atoms. The van der Waals surface area contributed by atoms with Gasteiger partial charge in [-0.05, 0) is 56.9 Å². The summed E-state index contributed by atoms with van der Waals surface area (Å²) >= 11 is 0. The van der Waals surface area contributed by atoms with Crippen molar-refractivity contribution in [3.05, 3.63) is 0 Å². The molecule has 0 aliphatic heterocycles. The summed E-state index contributed by atoms with van der Waals surface area (Å²) in [6.45, 7) is 7.87. The number of carbonyl (C=O) groups excluding carboxylic acids is 1. The molecule has 3 nitrogen and oxygen atoms in total. The van der Waals surface area contributed by atoms with E-state index >= 15 is 0 Å². The van der Waals surface area contributed by atoms with Crippen LogP contribution in [0, 0.1) is 11.3 Å². The van der Waals surface area contributed by atoms with Gasteiger partial charge in [0.15, 0.2) is 0 Å². The Balaban J connectivity index is 1.84. The summed E-state index contributed by atoms with van der Waals surface area (Å²) in [6, 6.07) is 1.14. The standard InChI is InChI=1S/C18H34N2O/c1-5-13-19-14-8-10-15(11-9-14)20(4)17(21)16-7-6-12-18(16,2)3/h14-16,19H,5-13H2,1-4H3. The van der Waals surface area contributed by atoms with Crippen LogP contribution in [0.2, 0.25) is 0 Å². The van der Waals surface area contributed by atoms with Gasteiger partial charge < -0.3 is 10.2 Å². The molecule has 2 fully saturated rings. The molecule has 1 amide bonds. The van der Waals surface area contributed by atoms with E-state index in [1.54, 1.807) is 0 Å². The minimum atomic E-state index is 0.200. The summed E-state index contributed by atoms with van der Waals surface area (Å²) in [5.74, 6) is 0.654. The van der Waals surface area contributed by atoms with Crippen molar-refractivity contribution in [2.24, 2.45) is 11.3 Å². The number of carbonyl (C=O) groups is 1. The lowest BCUT2D eigenvalue weighted by Gasteiger charge is -2.38. The van der Waals surface area contributed by atoms with E-state index in [9.17, 15) is 4.79 Å². The highest BCUT2D eigenvalue weighted by Crippen LogP contribution is 2.43. The van der Waals surface area contributed by atoms with Crippen molar-refractivity contribution < 1.29 is 4.79 Å². The number of nitrogens with zero attached hydrogens (tertiary/aromatic N) is 1. The maximum absolute atomic E-state index is 12.8. The monoisotopic (exact) mass is 294 g/mol. The highest BCUT2D eigenvalue weighted by molar-refractivity contribution is 5.80. The number of nitrogens with one attached hydrogen (secondary N) is 1. The van der Waals surface area contributed by atoms with Crippen molar-refractivity contribution in [3.8, 4) is 0 Å². The zero-order valence-corrected chi connectivity index (χ0v) is 14.5. The van der Waals surface area contributed by atoms with Crippen molar-refractivity contribution in [3.63, 3.8) is 0 Å². The van der Waals surface area contributed by atoms with Gasteiger partial charge in [0.2, 0.25) is 5.91 Å². The Morgan fingerprint density at radius 3 is 2.38 bits per heavy atom. The van der Waals surface area contributed by atoms with E-state index in [-0.39, 0.29) is 11.3 Å². The molecule has 1 atom stereocenters. The van der Waals surface area contributed by atoms with Gasteiger partial charge in [-0.1, -0.05) is 27.2 Å². The summed E-state index contributed by atoms with van der Waals surface area (Å²) in [7, 11) is 2.04. The molecule has 1 unspecified atom stereocenters. The second-order valence-electron chi connectivity index (χ2n) is 7.84. The first-order valence-corrected chi connectivity index (χ1v) is 8.95. The Kier molecular flexibility index (Phi) is 5.70. The molecule has 122 valence electrons. The summed E-state index contributed by atoms with van der Waals surface area (Å²) in [4.78, 5) is 14.9. The number of hydrogen-bond donors (Lipinski definition) is 1. The highest BCUT2D eigenvalue weighted by atomic mass is 16.2. The van der Waals surface area contributed by atoms with Gasteiger partial charge in [-0.25, -0.2) is 0 Å². The predicted molar refractivity (Wildman–Crippen MR) is 88.2 cm³/mol. The Morgan fingerprint density at radius 1 is 1.19 bits per heavy atom. The Morgan fingerprint density at radius 2 is 1.86 bits per heavy atom. The van der Waals surface area contributed by atoms with Gasteiger partial charge in [-0.15, -0.1) is 0 Å². The minimum Gasteiger partial charge on any atom is -0.343 e. The maximum atomic E-state index is 12.8. The lowest BCUT2D eigenvalue weighted by Crippen LogP contribution is -2.46. The highest BCUT2D eigenvalue weighted by Gasteiger charge is 2.41. The van der Waals surface area contributed by atoms with E-state index in [0.717, 1.165) is 25.8 Å². The molecule has 2 aliphatic carbocycles. The smallest absolute Gasteiger partial charge is 0.226 e. The molecule has 2 rings (SSSR count). The summed E-state index contributed by atoms with van der Waals surface area (Å²) < 4.78 is 0. The van der Waals surface area contributed by atoms with E-state index in [1.807, 2.05) is 7.05 Å². The summed E-state index contributed by atoms with van der Waals surface area (Å²) in [5.41, 5.74) is 0.200. The van der Waals surface area contributed by atoms with Crippen LogP contribution >= 0.6 is 0 Å². The van der Waals surface area contributed by atoms with E-state index in [0.29, 0.717) is 18.0 Å². The van der Waals surface area contributed by atoms with Crippen LogP contribution in [0.1, 0.15) is 72.1 Å². The van der Waals surface area contributed by atoms with Crippen LogP contribution in [-0.2, 0) is 4.79 Å². The zero-order chi connectivity index (χ0) is 15.5. The molecule has 0 radical (unpaired) electrons. The van der Waals surface area contributed by atoms with E-state index in [4.69, 9.17) is 0 Å². The maximum Gasteiger partial charge on any atom is 0.226 e. The fraction of sp³-hybridized carbons (Fsp3) is 0.944. The second-order valence-corrected chi connectivity index (χ2v) is 7.84. The fourth-order valence-corrected chi connectivity index (χ4v) is 4.23. The average molecular weight is 294 g/mol. The molecule has 0 bridgehead atoms. The lowest BCUT2D eigenvalue weighted by molar-refractivity contribution is -0.139. The molecule has 2 aliphatic rings. The molecule has 0 heterocycles. The Hall–Kier alpha value is -0.570. The Bertz CT molecular complexity index is 345. The first kappa shape index (κ1) is 16.8. The normalized spacial score (nSPS) is 32.1. The van der Waals surface area contributed by atoms with Gasteiger partial charge in [0.05, 0.1) is 0 Å². The van der Waals surface area contributed by atoms with Gasteiger partial charge in [-0.2, -0.15) is 0 Å². The molecular weight excluding hydrogens is 260 g/mol. The first-order chi connectivity index (χ1) is 9.95. The van der Waals surface area contributed by atoms with Crippen LogP contribution in [0.25, 0.3) is 0 Å². The number of amides is 1. The molecule has 0 aromatic rings. The minimum absolute atomic E-state index is 0.200. The van der Waals surface area contributed by atoms with Crippen LogP contribution in [-0.4, -0.2) is 36.5 Å². The van der Waals surface area contributed by atoms with Crippen molar-refractivity contribution in [2.75, 3.05) is 13.6 Å². The van der Waals surface area contributed by atoms with Crippen LogP contribution in [0.5, 0.6) is 0 Å². The van der Waals surface area contributed by atoms with Crippen LogP contribution in [0.4, 0.5) is 0 Å². The predicted octanol–water partition coefficient (Wildman–Crippen LogP) is 3.58. The number of hydrogen-bond acceptors (Lipinski definition) is 2. The van der Waals surface area contributed by atoms with Gasteiger partial charge in [0.25, 0.3) is 0 Å². The van der Waals surface area contributed by atoms with Crippen molar-refractivity contribution in [1.29, 1.82) is 0 Å². The van der Waals surface area contributed by atoms with Gasteiger partial charge in [-0.3, -0.25) is 4.79 Å². The van der Waals surface area contributed by atoms with Crippen molar-refractivity contribution in [2.45, 2.75) is 84.2 Å². The van der Waals surface area contributed by atoms with Crippen LogP contribution < -0.4 is 5.32 Å². The SMILES string of the molecule is CCCNC1CCC(N(C)C(=O)C2CCCC2(C)C)CC1.